The van der Waals surface area contributed by atoms with E-state index in [-0.39, 0.29) is 11.3 Å². The molecule has 0 spiro atoms. The zero-order chi connectivity index (χ0) is 13.8. The predicted molar refractivity (Wildman–Crippen MR) is 90.8 cm³/mol. The van der Waals surface area contributed by atoms with Crippen LogP contribution >= 0.6 is 55.0 Å². The molecule has 2 atom stereocenters. The highest BCUT2D eigenvalue weighted by atomic mass is 79.9. The first-order chi connectivity index (χ1) is 9.11. The molecule has 2 unspecified atom stereocenters. The van der Waals surface area contributed by atoms with Crippen LogP contribution in [0.1, 0.15) is 23.5 Å². The van der Waals surface area contributed by atoms with Gasteiger partial charge < -0.3 is 5.73 Å². The van der Waals surface area contributed by atoms with Crippen LogP contribution in [0.5, 0.6) is 0 Å². The quantitative estimate of drug-likeness (QED) is 0.671. The highest BCUT2D eigenvalue weighted by Crippen LogP contribution is 2.43. The van der Waals surface area contributed by atoms with Gasteiger partial charge in [0.25, 0.3) is 0 Å². The van der Waals surface area contributed by atoms with E-state index in [1.165, 1.54) is 4.88 Å². The summed E-state index contributed by atoms with van der Waals surface area (Å²) < 4.78 is 2.15. The second-order valence-corrected chi connectivity index (χ2v) is 8.52. The SMILES string of the molecule is CCC(N)C(Sc1ncccc1Br)c1ccc(Br)s1. The predicted octanol–water partition coefficient (Wildman–Crippen LogP) is 5.24. The Labute approximate surface area is 138 Å². The zero-order valence-corrected chi connectivity index (χ0v) is 15.2. The van der Waals surface area contributed by atoms with E-state index in [0.29, 0.717) is 0 Å². The summed E-state index contributed by atoms with van der Waals surface area (Å²) in [5.41, 5.74) is 6.28. The molecule has 102 valence electrons. The van der Waals surface area contributed by atoms with Gasteiger partial charge >= 0.3 is 0 Å². The highest BCUT2D eigenvalue weighted by Gasteiger charge is 2.23. The van der Waals surface area contributed by atoms with Crippen molar-refractivity contribution in [2.45, 2.75) is 29.7 Å². The Kier molecular flexibility index (Phi) is 5.89. The molecule has 2 rings (SSSR count). The largest absolute Gasteiger partial charge is 0.326 e. The fraction of sp³-hybridized carbons (Fsp3) is 0.308. The van der Waals surface area contributed by atoms with E-state index < -0.39 is 0 Å². The summed E-state index contributed by atoms with van der Waals surface area (Å²) in [7, 11) is 0. The van der Waals surface area contributed by atoms with Gasteiger partial charge in [-0.25, -0.2) is 4.98 Å². The first-order valence-corrected chi connectivity index (χ1v) is 9.18. The lowest BCUT2D eigenvalue weighted by Gasteiger charge is -2.21. The van der Waals surface area contributed by atoms with E-state index in [9.17, 15) is 0 Å². The average Bonchev–Trinajstić information content (AvgIpc) is 2.83. The molecule has 2 heterocycles. The number of nitrogens with zero attached hydrogens (tertiary/aromatic N) is 1. The molecule has 2 aromatic rings. The molecular weight excluding hydrogens is 408 g/mol. The van der Waals surface area contributed by atoms with Gasteiger partial charge in [0.2, 0.25) is 0 Å². The van der Waals surface area contributed by atoms with Crippen LogP contribution < -0.4 is 5.73 Å². The molecule has 0 amide bonds. The van der Waals surface area contributed by atoms with Crippen LogP contribution in [0.25, 0.3) is 0 Å². The fourth-order valence-electron chi connectivity index (χ4n) is 1.63. The minimum atomic E-state index is 0.115. The second kappa shape index (κ2) is 7.22. The van der Waals surface area contributed by atoms with Crippen molar-refractivity contribution in [3.8, 4) is 0 Å². The van der Waals surface area contributed by atoms with Gasteiger partial charge in [-0.1, -0.05) is 18.7 Å². The van der Waals surface area contributed by atoms with Gasteiger partial charge in [0, 0.05) is 21.6 Å². The number of pyridine rings is 1. The Morgan fingerprint density at radius 1 is 1.37 bits per heavy atom. The van der Waals surface area contributed by atoms with Crippen molar-refractivity contribution in [3.63, 3.8) is 0 Å². The third kappa shape index (κ3) is 4.04. The molecule has 2 N–H and O–H groups in total. The molecule has 0 aliphatic carbocycles. The van der Waals surface area contributed by atoms with Crippen molar-refractivity contribution in [3.05, 3.63) is 43.6 Å². The van der Waals surface area contributed by atoms with Gasteiger partial charge in [-0.15, -0.1) is 11.3 Å². The Balaban J connectivity index is 2.27. The molecule has 0 bridgehead atoms. The van der Waals surface area contributed by atoms with Crippen LogP contribution in [0.15, 0.2) is 43.7 Å². The number of hydrogen-bond donors (Lipinski definition) is 1. The summed E-state index contributed by atoms with van der Waals surface area (Å²) in [6.07, 6.45) is 2.75. The maximum absolute atomic E-state index is 6.28. The van der Waals surface area contributed by atoms with Gasteiger partial charge in [-0.05, 0) is 62.5 Å². The lowest BCUT2D eigenvalue weighted by molar-refractivity contribution is 0.639. The Morgan fingerprint density at radius 3 is 2.74 bits per heavy atom. The molecule has 0 radical (unpaired) electrons. The Hall–Kier alpha value is 0.120. The lowest BCUT2D eigenvalue weighted by atomic mass is 10.1. The third-order valence-electron chi connectivity index (χ3n) is 2.70. The molecule has 0 aliphatic rings. The number of thiophene rings is 1. The van der Waals surface area contributed by atoms with E-state index in [4.69, 9.17) is 5.73 Å². The molecule has 0 saturated carbocycles. The molecule has 6 heteroatoms. The average molecular weight is 422 g/mol. The van der Waals surface area contributed by atoms with Crippen LogP contribution in [0.2, 0.25) is 0 Å². The number of thioether (sulfide) groups is 1. The Bertz CT molecular complexity index is 545. The molecular formula is C13H14Br2N2S2. The number of rotatable bonds is 5. The summed E-state index contributed by atoms with van der Waals surface area (Å²) in [5.74, 6) is 0. The van der Waals surface area contributed by atoms with E-state index in [2.05, 4.69) is 55.9 Å². The fourth-order valence-corrected chi connectivity index (χ4v) is 5.04. The lowest BCUT2D eigenvalue weighted by Crippen LogP contribution is -2.25. The van der Waals surface area contributed by atoms with Gasteiger partial charge in [0.05, 0.1) is 9.04 Å². The van der Waals surface area contributed by atoms with Crippen LogP contribution in [0.4, 0.5) is 0 Å². The smallest absolute Gasteiger partial charge is 0.111 e. The van der Waals surface area contributed by atoms with E-state index in [1.54, 1.807) is 23.1 Å². The third-order valence-corrected chi connectivity index (χ3v) is 6.86. The second-order valence-electron chi connectivity index (χ2n) is 4.04. The highest BCUT2D eigenvalue weighted by molar-refractivity contribution is 9.11. The van der Waals surface area contributed by atoms with Crippen molar-refractivity contribution in [1.82, 2.24) is 4.98 Å². The summed E-state index contributed by atoms with van der Waals surface area (Å²) in [4.78, 5) is 5.70. The van der Waals surface area contributed by atoms with Crippen molar-refractivity contribution in [2.24, 2.45) is 5.73 Å². The van der Waals surface area contributed by atoms with Gasteiger partial charge in [-0.2, -0.15) is 0 Å². The summed E-state index contributed by atoms with van der Waals surface area (Å²) >= 11 is 10.5. The molecule has 19 heavy (non-hydrogen) atoms. The molecule has 0 saturated heterocycles. The molecule has 0 fully saturated rings. The molecule has 2 nitrogen and oxygen atoms in total. The maximum Gasteiger partial charge on any atom is 0.111 e. The minimum absolute atomic E-state index is 0.115. The van der Waals surface area contributed by atoms with Gasteiger partial charge in [0.1, 0.15) is 5.03 Å². The topological polar surface area (TPSA) is 38.9 Å². The maximum atomic E-state index is 6.28. The standard InChI is InChI=1S/C13H14Br2N2S2/c1-2-9(16)12(10-5-6-11(15)18-10)19-13-8(14)4-3-7-17-13/h3-7,9,12H,2,16H2,1H3. The van der Waals surface area contributed by atoms with E-state index in [1.807, 2.05) is 18.3 Å². The van der Waals surface area contributed by atoms with E-state index >= 15 is 0 Å². The molecule has 2 aromatic heterocycles. The first-order valence-electron chi connectivity index (χ1n) is 5.89. The van der Waals surface area contributed by atoms with E-state index in [0.717, 1.165) is 19.7 Å². The summed E-state index contributed by atoms with van der Waals surface area (Å²) in [5, 5.41) is 1.22. The van der Waals surface area contributed by atoms with Gasteiger partial charge in [-0.3, -0.25) is 0 Å². The van der Waals surface area contributed by atoms with Crippen molar-refractivity contribution in [2.75, 3.05) is 0 Å². The minimum Gasteiger partial charge on any atom is -0.326 e. The van der Waals surface area contributed by atoms with Crippen LogP contribution in [-0.2, 0) is 0 Å². The van der Waals surface area contributed by atoms with Crippen molar-refractivity contribution >= 4 is 55.0 Å². The van der Waals surface area contributed by atoms with Crippen LogP contribution in [0, 0.1) is 0 Å². The summed E-state index contributed by atoms with van der Waals surface area (Å²) in [6.45, 7) is 2.12. The monoisotopic (exact) mass is 420 g/mol. The van der Waals surface area contributed by atoms with Crippen molar-refractivity contribution < 1.29 is 0 Å². The number of aromatic nitrogens is 1. The van der Waals surface area contributed by atoms with Crippen molar-refractivity contribution in [1.29, 1.82) is 0 Å². The zero-order valence-electron chi connectivity index (χ0n) is 10.3. The molecule has 0 aliphatic heterocycles. The first kappa shape index (κ1) is 15.5. The Morgan fingerprint density at radius 2 is 2.16 bits per heavy atom. The van der Waals surface area contributed by atoms with Crippen LogP contribution in [0.3, 0.4) is 0 Å². The number of halogens is 2. The number of nitrogens with two attached hydrogens (primary N) is 1. The normalized spacial score (nSPS) is 14.3. The summed E-state index contributed by atoms with van der Waals surface area (Å²) in [6, 6.07) is 8.26. The number of hydrogen-bond acceptors (Lipinski definition) is 4. The van der Waals surface area contributed by atoms with Gasteiger partial charge in [0.15, 0.2) is 0 Å². The molecule has 0 aromatic carbocycles. The van der Waals surface area contributed by atoms with Crippen LogP contribution in [-0.4, -0.2) is 11.0 Å².